The van der Waals surface area contributed by atoms with Gasteiger partial charge in [-0.05, 0) is 12.1 Å². The molecule has 0 aliphatic rings. The van der Waals surface area contributed by atoms with E-state index in [0.29, 0.717) is 0 Å². The first-order chi connectivity index (χ1) is 6.65. The average Bonchev–Trinajstić information content (AvgIpc) is 2.69. The molecule has 0 fully saturated rings. The zero-order valence-corrected chi connectivity index (χ0v) is 7.39. The largest absolute Gasteiger partial charge is 0.461 e. The Balaban J connectivity index is 2.58. The molecule has 0 aliphatic heterocycles. The SMILES string of the molecule is COC(=O)N[C@@H](O)C(=O)c1ccco1. The fraction of sp³-hybridized carbons (Fsp3) is 0.250. The van der Waals surface area contributed by atoms with Crippen molar-refractivity contribution in [3.05, 3.63) is 24.2 Å². The van der Waals surface area contributed by atoms with E-state index in [0.717, 1.165) is 7.11 Å². The number of methoxy groups -OCH3 is 1. The minimum absolute atomic E-state index is 0.0334. The van der Waals surface area contributed by atoms with E-state index < -0.39 is 18.1 Å². The molecule has 6 heteroatoms. The number of aliphatic hydroxyl groups is 1. The molecule has 1 aromatic rings. The van der Waals surface area contributed by atoms with Crippen LogP contribution in [0, 0.1) is 0 Å². The Morgan fingerprint density at radius 1 is 1.64 bits per heavy atom. The Kier molecular flexibility index (Phi) is 3.24. The van der Waals surface area contributed by atoms with Crippen LogP contribution in [0.2, 0.25) is 0 Å². The third-order valence-electron chi connectivity index (χ3n) is 1.45. The number of ketones is 1. The fourth-order valence-corrected chi connectivity index (χ4v) is 0.790. The number of amides is 1. The molecule has 0 spiro atoms. The summed E-state index contributed by atoms with van der Waals surface area (Å²) in [6.45, 7) is 0. The molecule has 1 amide bonds. The van der Waals surface area contributed by atoms with Crippen LogP contribution in [0.4, 0.5) is 4.79 Å². The predicted octanol–water partition coefficient (Wildman–Crippen LogP) is 0.137. The average molecular weight is 199 g/mol. The quantitative estimate of drug-likeness (QED) is 0.533. The van der Waals surface area contributed by atoms with Crippen molar-refractivity contribution in [2.45, 2.75) is 6.23 Å². The summed E-state index contributed by atoms with van der Waals surface area (Å²) in [7, 11) is 1.12. The molecular weight excluding hydrogens is 190 g/mol. The van der Waals surface area contributed by atoms with Crippen LogP contribution in [0.3, 0.4) is 0 Å². The number of aliphatic hydroxyl groups excluding tert-OH is 1. The standard InChI is InChI=1S/C8H9NO5/c1-13-8(12)9-7(11)6(10)5-3-2-4-14-5/h2-4,7,11H,1H3,(H,9,12)/t7-/m0/s1. The molecule has 0 saturated heterocycles. The summed E-state index contributed by atoms with van der Waals surface area (Å²) in [5.41, 5.74) is 0. The van der Waals surface area contributed by atoms with Gasteiger partial charge in [-0.15, -0.1) is 0 Å². The monoisotopic (exact) mass is 199 g/mol. The molecule has 14 heavy (non-hydrogen) atoms. The van der Waals surface area contributed by atoms with Crippen LogP contribution in [0.25, 0.3) is 0 Å². The third-order valence-corrected chi connectivity index (χ3v) is 1.45. The summed E-state index contributed by atoms with van der Waals surface area (Å²) in [6, 6.07) is 2.88. The molecule has 0 aromatic carbocycles. The Labute approximate surface area is 79.5 Å². The van der Waals surface area contributed by atoms with Gasteiger partial charge in [0.15, 0.2) is 12.0 Å². The van der Waals surface area contributed by atoms with Crippen LogP contribution >= 0.6 is 0 Å². The lowest BCUT2D eigenvalue weighted by atomic mass is 10.3. The summed E-state index contributed by atoms with van der Waals surface area (Å²) >= 11 is 0. The maximum atomic E-state index is 11.2. The summed E-state index contributed by atoms with van der Waals surface area (Å²) < 4.78 is 8.93. The van der Waals surface area contributed by atoms with Crippen molar-refractivity contribution < 1.29 is 23.8 Å². The second-order valence-electron chi connectivity index (χ2n) is 2.38. The van der Waals surface area contributed by atoms with E-state index in [1.54, 1.807) is 0 Å². The van der Waals surface area contributed by atoms with E-state index in [2.05, 4.69) is 4.74 Å². The van der Waals surface area contributed by atoms with Gasteiger partial charge in [0.1, 0.15) is 0 Å². The van der Waals surface area contributed by atoms with Gasteiger partial charge >= 0.3 is 6.09 Å². The lowest BCUT2D eigenvalue weighted by Gasteiger charge is -2.08. The van der Waals surface area contributed by atoms with E-state index >= 15 is 0 Å². The number of carbonyl (C=O) groups excluding carboxylic acids is 2. The van der Waals surface area contributed by atoms with Gasteiger partial charge < -0.3 is 14.3 Å². The molecule has 0 saturated carbocycles. The number of furan rings is 1. The summed E-state index contributed by atoms with van der Waals surface area (Å²) in [4.78, 5) is 21.9. The number of rotatable bonds is 3. The van der Waals surface area contributed by atoms with Gasteiger partial charge in [0.05, 0.1) is 13.4 Å². The molecule has 1 heterocycles. The van der Waals surface area contributed by atoms with Crippen LogP contribution < -0.4 is 5.32 Å². The van der Waals surface area contributed by atoms with Gasteiger partial charge in [-0.3, -0.25) is 10.1 Å². The minimum Gasteiger partial charge on any atom is -0.461 e. The van der Waals surface area contributed by atoms with E-state index in [-0.39, 0.29) is 5.76 Å². The van der Waals surface area contributed by atoms with Crippen LogP contribution in [-0.4, -0.2) is 30.3 Å². The molecule has 2 N–H and O–H groups in total. The highest BCUT2D eigenvalue weighted by Gasteiger charge is 2.21. The van der Waals surface area contributed by atoms with Crippen LogP contribution in [0.5, 0.6) is 0 Å². The number of nitrogens with one attached hydrogen (secondary N) is 1. The second-order valence-corrected chi connectivity index (χ2v) is 2.38. The first-order valence-corrected chi connectivity index (χ1v) is 3.75. The summed E-state index contributed by atoms with van der Waals surface area (Å²) in [5.74, 6) is -0.769. The molecule has 0 aliphatic carbocycles. The van der Waals surface area contributed by atoms with Gasteiger partial charge in [0.2, 0.25) is 5.78 Å². The van der Waals surface area contributed by atoms with Crippen molar-refractivity contribution in [3.8, 4) is 0 Å². The van der Waals surface area contributed by atoms with Crippen LogP contribution in [0.1, 0.15) is 10.6 Å². The molecule has 76 valence electrons. The first-order valence-electron chi connectivity index (χ1n) is 3.75. The lowest BCUT2D eigenvalue weighted by Crippen LogP contribution is -2.40. The number of Topliss-reactive ketones (excluding diaryl/α,β-unsaturated/α-hetero) is 1. The second kappa shape index (κ2) is 4.43. The van der Waals surface area contributed by atoms with Gasteiger partial charge in [-0.25, -0.2) is 4.79 Å². The van der Waals surface area contributed by atoms with E-state index in [1.807, 2.05) is 5.32 Å². The first kappa shape index (κ1) is 10.3. The van der Waals surface area contributed by atoms with E-state index in [9.17, 15) is 9.59 Å². The van der Waals surface area contributed by atoms with Crippen molar-refractivity contribution in [2.75, 3.05) is 7.11 Å². The minimum atomic E-state index is -1.66. The predicted molar refractivity (Wildman–Crippen MR) is 44.6 cm³/mol. The van der Waals surface area contributed by atoms with Gasteiger partial charge in [0, 0.05) is 0 Å². The van der Waals surface area contributed by atoms with Gasteiger partial charge in [-0.2, -0.15) is 0 Å². The molecule has 0 unspecified atom stereocenters. The fourth-order valence-electron chi connectivity index (χ4n) is 0.790. The van der Waals surface area contributed by atoms with Crippen molar-refractivity contribution in [1.82, 2.24) is 5.32 Å². The Morgan fingerprint density at radius 3 is 2.86 bits per heavy atom. The van der Waals surface area contributed by atoms with Crippen LogP contribution in [0.15, 0.2) is 22.8 Å². The van der Waals surface area contributed by atoms with E-state index in [4.69, 9.17) is 9.52 Å². The number of carbonyl (C=O) groups is 2. The van der Waals surface area contributed by atoms with Crippen molar-refractivity contribution >= 4 is 11.9 Å². The highest BCUT2D eigenvalue weighted by Crippen LogP contribution is 2.03. The Bertz CT molecular complexity index is 318. The molecule has 1 rings (SSSR count). The smallest absolute Gasteiger partial charge is 0.409 e. The molecule has 6 nitrogen and oxygen atoms in total. The Hall–Kier alpha value is -1.82. The summed E-state index contributed by atoms with van der Waals surface area (Å²) in [6.07, 6.45) is -1.26. The normalized spacial score (nSPS) is 11.9. The van der Waals surface area contributed by atoms with Crippen molar-refractivity contribution in [1.29, 1.82) is 0 Å². The van der Waals surface area contributed by atoms with Gasteiger partial charge in [-0.1, -0.05) is 0 Å². The molecular formula is C8H9NO5. The summed E-state index contributed by atoms with van der Waals surface area (Å²) in [5, 5.41) is 11.1. The maximum Gasteiger partial charge on any atom is 0.409 e. The highest BCUT2D eigenvalue weighted by molar-refractivity contribution is 5.98. The maximum absolute atomic E-state index is 11.2. The highest BCUT2D eigenvalue weighted by atomic mass is 16.5. The van der Waals surface area contributed by atoms with Gasteiger partial charge in [0.25, 0.3) is 0 Å². The topological polar surface area (TPSA) is 88.8 Å². The zero-order valence-electron chi connectivity index (χ0n) is 7.39. The number of alkyl carbamates (subject to hydrolysis) is 1. The lowest BCUT2D eigenvalue weighted by molar-refractivity contribution is 0.0624. The molecule has 1 aromatic heterocycles. The van der Waals surface area contributed by atoms with Crippen LogP contribution in [-0.2, 0) is 4.74 Å². The zero-order chi connectivity index (χ0) is 10.6. The third kappa shape index (κ3) is 2.33. The number of ether oxygens (including phenoxy) is 1. The molecule has 0 bridgehead atoms. The number of hydrogen-bond acceptors (Lipinski definition) is 5. The van der Waals surface area contributed by atoms with Crippen molar-refractivity contribution in [3.63, 3.8) is 0 Å². The molecule has 0 radical (unpaired) electrons. The Morgan fingerprint density at radius 2 is 2.36 bits per heavy atom. The number of hydrogen-bond donors (Lipinski definition) is 2. The van der Waals surface area contributed by atoms with E-state index in [1.165, 1.54) is 18.4 Å². The van der Waals surface area contributed by atoms with Crippen molar-refractivity contribution in [2.24, 2.45) is 0 Å². The molecule has 1 atom stereocenters.